The van der Waals surface area contributed by atoms with Crippen molar-refractivity contribution in [2.45, 2.75) is 39.5 Å². The van der Waals surface area contributed by atoms with Crippen LogP contribution in [0.25, 0.3) is 6.08 Å². The lowest BCUT2D eigenvalue weighted by Crippen LogP contribution is -2.38. The van der Waals surface area contributed by atoms with Crippen LogP contribution < -0.4 is 9.47 Å². The van der Waals surface area contributed by atoms with Crippen LogP contribution in [0, 0.1) is 0 Å². The maximum Gasteiger partial charge on any atom is 0.331 e. The van der Waals surface area contributed by atoms with E-state index in [1.54, 1.807) is 11.0 Å². The Hall–Kier alpha value is -2.50. The number of esters is 1. The summed E-state index contributed by atoms with van der Waals surface area (Å²) in [7, 11) is 0. The summed E-state index contributed by atoms with van der Waals surface area (Å²) in [5.41, 5.74) is 0.793. The second kappa shape index (κ2) is 11.3. The van der Waals surface area contributed by atoms with Gasteiger partial charge in [0, 0.05) is 19.2 Å². The van der Waals surface area contributed by atoms with E-state index in [2.05, 4.69) is 0 Å². The molecule has 0 spiro atoms. The van der Waals surface area contributed by atoms with E-state index in [9.17, 15) is 9.59 Å². The van der Waals surface area contributed by atoms with Gasteiger partial charge in [0.1, 0.15) is 0 Å². The lowest BCUT2D eigenvalue weighted by Gasteiger charge is -2.26. The van der Waals surface area contributed by atoms with Crippen LogP contribution >= 0.6 is 0 Å². The highest BCUT2D eigenvalue weighted by molar-refractivity contribution is 5.89. The number of hydrogen-bond acceptors (Lipinski definition) is 5. The van der Waals surface area contributed by atoms with Crippen LogP contribution in [0.1, 0.15) is 45.1 Å². The molecular weight excluding hydrogens is 346 g/mol. The number of rotatable bonds is 9. The zero-order valence-corrected chi connectivity index (χ0v) is 16.2. The topological polar surface area (TPSA) is 65.1 Å². The fraction of sp³-hybridized carbons (Fsp3) is 0.524. The molecule has 1 saturated heterocycles. The van der Waals surface area contributed by atoms with Crippen LogP contribution in [-0.4, -0.2) is 49.7 Å². The maximum absolute atomic E-state index is 12.0. The van der Waals surface area contributed by atoms with Gasteiger partial charge in [-0.3, -0.25) is 4.79 Å². The van der Waals surface area contributed by atoms with E-state index in [0.29, 0.717) is 24.7 Å². The minimum atomic E-state index is -0.537. The average molecular weight is 375 g/mol. The molecule has 1 aromatic rings. The van der Waals surface area contributed by atoms with Crippen LogP contribution in [0.15, 0.2) is 24.3 Å². The molecule has 0 saturated carbocycles. The normalized spacial score (nSPS) is 14.2. The van der Waals surface area contributed by atoms with E-state index in [4.69, 9.17) is 14.2 Å². The minimum Gasteiger partial charge on any atom is -0.490 e. The monoisotopic (exact) mass is 375 g/mol. The highest BCUT2D eigenvalue weighted by Crippen LogP contribution is 2.29. The molecule has 6 nitrogen and oxygen atoms in total. The van der Waals surface area contributed by atoms with Crippen LogP contribution in [0.4, 0.5) is 0 Å². The number of nitrogens with zero attached hydrogens (tertiary/aromatic N) is 1. The molecule has 1 aliphatic heterocycles. The lowest BCUT2D eigenvalue weighted by atomic mass is 10.1. The summed E-state index contributed by atoms with van der Waals surface area (Å²) in [6, 6.07) is 5.48. The molecule has 0 atom stereocenters. The van der Waals surface area contributed by atoms with Gasteiger partial charge in [-0.2, -0.15) is 0 Å². The van der Waals surface area contributed by atoms with Crippen molar-refractivity contribution in [2.75, 3.05) is 32.9 Å². The Morgan fingerprint density at radius 3 is 2.56 bits per heavy atom. The summed E-state index contributed by atoms with van der Waals surface area (Å²) in [5, 5.41) is 0. The lowest BCUT2D eigenvalue weighted by molar-refractivity contribution is -0.148. The zero-order valence-electron chi connectivity index (χ0n) is 16.2. The average Bonchev–Trinajstić information content (AvgIpc) is 2.70. The molecule has 0 bridgehead atoms. The van der Waals surface area contributed by atoms with Gasteiger partial charge in [-0.05, 0) is 56.4 Å². The number of ether oxygens (including phenoxy) is 3. The highest BCUT2D eigenvalue weighted by atomic mass is 16.5. The Balaban J connectivity index is 1.88. The van der Waals surface area contributed by atoms with E-state index in [1.807, 2.05) is 32.0 Å². The van der Waals surface area contributed by atoms with Crippen molar-refractivity contribution in [3.8, 4) is 11.5 Å². The third-order valence-corrected chi connectivity index (χ3v) is 4.19. The second-order valence-corrected chi connectivity index (χ2v) is 6.37. The summed E-state index contributed by atoms with van der Waals surface area (Å²) in [6.07, 6.45) is 7.05. The van der Waals surface area contributed by atoms with Gasteiger partial charge in [-0.1, -0.05) is 13.0 Å². The molecule has 0 N–H and O–H groups in total. The summed E-state index contributed by atoms with van der Waals surface area (Å²) in [4.78, 5) is 25.7. The van der Waals surface area contributed by atoms with E-state index in [0.717, 1.165) is 44.3 Å². The van der Waals surface area contributed by atoms with Crippen molar-refractivity contribution in [1.29, 1.82) is 0 Å². The fourth-order valence-electron chi connectivity index (χ4n) is 2.81. The zero-order chi connectivity index (χ0) is 19.5. The Kier molecular flexibility index (Phi) is 8.68. The van der Waals surface area contributed by atoms with Gasteiger partial charge in [0.15, 0.2) is 18.1 Å². The van der Waals surface area contributed by atoms with E-state index in [1.165, 1.54) is 6.08 Å². The molecule has 2 rings (SSSR count). The number of benzene rings is 1. The first kappa shape index (κ1) is 20.8. The number of hydrogen-bond donors (Lipinski definition) is 0. The minimum absolute atomic E-state index is 0.132. The molecule has 6 heteroatoms. The van der Waals surface area contributed by atoms with Gasteiger partial charge >= 0.3 is 5.97 Å². The number of carbonyl (C=O) groups is 2. The highest BCUT2D eigenvalue weighted by Gasteiger charge is 2.17. The fourth-order valence-corrected chi connectivity index (χ4v) is 2.81. The molecule has 1 aliphatic rings. The van der Waals surface area contributed by atoms with Crippen LogP contribution in [-0.2, 0) is 14.3 Å². The quantitative estimate of drug-likeness (QED) is 0.489. The summed E-state index contributed by atoms with van der Waals surface area (Å²) >= 11 is 0. The summed E-state index contributed by atoms with van der Waals surface area (Å²) in [5.74, 6) is 0.657. The maximum atomic E-state index is 12.0. The van der Waals surface area contributed by atoms with Crippen molar-refractivity contribution in [1.82, 2.24) is 4.90 Å². The van der Waals surface area contributed by atoms with E-state index < -0.39 is 5.97 Å². The summed E-state index contributed by atoms with van der Waals surface area (Å²) < 4.78 is 16.3. The van der Waals surface area contributed by atoms with Gasteiger partial charge in [-0.25, -0.2) is 4.79 Å². The predicted molar refractivity (Wildman–Crippen MR) is 104 cm³/mol. The Bertz CT molecular complexity index is 650. The molecule has 1 aromatic carbocycles. The molecule has 0 aromatic heterocycles. The van der Waals surface area contributed by atoms with Gasteiger partial charge in [0.05, 0.1) is 13.2 Å². The van der Waals surface area contributed by atoms with Crippen molar-refractivity contribution < 1.29 is 23.8 Å². The van der Waals surface area contributed by atoms with Crippen LogP contribution in [0.5, 0.6) is 11.5 Å². The molecule has 0 unspecified atom stereocenters. The largest absolute Gasteiger partial charge is 0.490 e. The molecule has 148 valence electrons. The predicted octanol–water partition coefficient (Wildman–Crippen LogP) is 3.44. The smallest absolute Gasteiger partial charge is 0.331 e. The first-order valence-electron chi connectivity index (χ1n) is 9.66. The molecule has 1 heterocycles. The van der Waals surface area contributed by atoms with E-state index >= 15 is 0 Å². The summed E-state index contributed by atoms with van der Waals surface area (Å²) in [6.45, 7) is 6.37. The van der Waals surface area contributed by atoms with Gasteiger partial charge in [0.2, 0.25) is 0 Å². The van der Waals surface area contributed by atoms with Crippen molar-refractivity contribution >= 4 is 18.0 Å². The number of likely N-dealkylation sites (tertiary alicyclic amines) is 1. The van der Waals surface area contributed by atoms with Crippen LogP contribution in [0.3, 0.4) is 0 Å². The second-order valence-electron chi connectivity index (χ2n) is 6.37. The van der Waals surface area contributed by atoms with Crippen LogP contribution in [0.2, 0.25) is 0 Å². The molecule has 0 aliphatic carbocycles. The van der Waals surface area contributed by atoms with Crippen molar-refractivity contribution in [3.63, 3.8) is 0 Å². The SMILES string of the molecule is CCCOc1ccc(/C=C/C(=O)OCC(=O)N2CCCCC2)cc1OCC. The molecule has 0 radical (unpaired) electrons. The van der Waals surface area contributed by atoms with Gasteiger partial charge < -0.3 is 19.1 Å². The molecular formula is C21H29NO5. The van der Waals surface area contributed by atoms with Gasteiger partial charge in [-0.15, -0.1) is 0 Å². The third-order valence-electron chi connectivity index (χ3n) is 4.19. The molecule has 1 fully saturated rings. The Labute approximate surface area is 161 Å². The number of piperidine rings is 1. The van der Waals surface area contributed by atoms with Gasteiger partial charge in [0.25, 0.3) is 5.91 Å². The first-order valence-corrected chi connectivity index (χ1v) is 9.66. The molecule has 1 amide bonds. The Morgan fingerprint density at radius 1 is 1.07 bits per heavy atom. The van der Waals surface area contributed by atoms with Crippen molar-refractivity contribution in [2.24, 2.45) is 0 Å². The van der Waals surface area contributed by atoms with E-state index in [-0.39, 0.29) is 12.5 Å². The number of carbonyl (C=O) groups excluding carboxylic acids is 2. The first-order chi connectivity index (χ1) is 13.1. The van der Waals surface area contributed by atoms with Crippen molar-refractivity contribution in [3.05, 3.63) is 29.8 Å². The Morgan fingerprint density at radius 2 is 1.85 bits per heavy atom. The molecule has 27 heavy (non-hydrogen) atoms. The third kappa shape index (κ3) is 6.96. The standard InChI is InChI=1S/C21H29NO5/c1-3-14-26-18-10-8-17(15-19(18)25-4-2)9-11-21(24)27-16-20(23)22-12-6-5-7-13-22/h8-11,15H,3-7,12-14,16H2,1-2H3/b11-9+. The number of amides is 1.